The minimum absolute atomic E-state index is 0.806. The Morgan fingerprint density at radius 2 is 1.11 bits per heavy atom. The molecule has 0 aliphatic carbocycles. The van der Waals surface area contributed by atoms with Crippen molar-refractivity contribution in [1.82, 2.24) is 0 Å². The molecule has 0 nitrogen and oxygen atoms in total. The fourth-order valence-corrected chi connectivity index (χ4v) is 2.11. The van der Waals surface area contributed by atoms with E-state index in [4.69, 9.17) is 0 Å². The molecule has 0 spiro atoms. The van der Waals surface area contributed by atoms with Crippen molar-refractivity contribution < 1.29 is 0 Å². The number of unbranched alkanes of at least 4 members (excludes halogenated alkanes) is 8. The molecule has 0 amide bonds. The highest BCUT2D eigenvalue weighted by Crippen LogP contribution is 2.08. The Hall–Kier alpha value is -0.520. The third-order valence-corrected chi connectivity index (χ3v) is 3.41. The van der Waals surface area contributed by atoms with E-state index < -0.39 is 0 Å². The molecule has 0 N–H and O–H groups in total. The van der Waals surface area contributed by atoms with Gasteiger partial charge >= 0.3 is 0 Å². The molecule has 0 heteroatoms. The van der Waals surface area contributed by atoms with Crippen LogP contribution in [0.2, 0.25) is 0 Å². The standard InChI is InChI=1S/C19H36/c1-4-5-6-7-8-9-10-11-12-13-14-15-16-17-18-19(2)3/h8-9,16-17,19H,4-7,10-15,18H2,1-3H3/b9-8+,17-16+. The largest absolute Gasteiger partial charge is 0.0885 e. The third kappa shape index (κ3) is 17.5. The average molecular weight is 264 g/mol. The Balaban J connectivity index is 3.12. The van der Waals surface area contributed by atoms with Gasteiger partial charge in [0.15, 0.2) is 0 Å². The molecule has 0 saturated heterocycles. The average Bonchev–Trinajstić information content (AvgIpc) is 2.39. The van der Waals surface area contributed by atoms with Gasteiger partial charge in [-0.3, -0.25) is 0 Å². The highest BCUT2D eigenvalue weighted by Gasteiger charge is 1.89. The van der Waals surface area contributed by atoms with Crippen molar-refractivity contribution in [3.05, 3.63) is 24.3 Å². The van der Waals surface area contributed by atoms with Gasteiger partial charge in [0.05, 0.1) is 0 Å². The van der Waals surface area contributed by atoms with Crippen LogP contribution in [0.1, 0.15) is 91.4 Å². The zero-order valence-electron chi connectivity index (χ0n) is 13.7. The van der Waals surface area contributed by atoms with Crippen LogP contribution in [0.25, 0.3) is 0 Å². The fraction of sp³-hybridized carbons (Fsp3) is 0.789. The van der Waals surface area contributed by atoms with Crippen LogP contribution in [0.3, 0.4) is 0 Å². The van der Waals surface area contributed by atoms with Crippen LogP contribution in [0.4, 0.5) is 0 Å². The molecule has 0 aliphatic rings. The van der Waals surface area contributed by atoms with Gasteiger partial charge in [-0.05, 0) is 50.9 Å². The van der Waals surface area contributed by atoms with E-state index >= 15 is 0 Å². The van der Waals surface area contributed by atoms with Crippen molar-refractivity contribution in [2.45, 2.75) is 91.4 Å². The van der Waals surface area contributed by atoms with E-state index in [1.165, 1.54) is 70.6 Å². The molecule has 0 saturated carbocycles. The first kappa shape index (κ1) is 18.5. The van der Waals surface area contributed by atoms with Gasteiger partial charge < -0.3 is 0 Å². The van der Waals surface area contributed by atoms with Crippen molar-refractivity contribution in [1.29, 1.82) is 0 Å². The maximum Gasteiger partial charge on any atom is -0.0327 e. The topological polar surface area (TPSA) is 0 Å². The summed E-state index contributed by atoms with van der Waals surface area (Å²) in [6.07, 6.45) is 24.2. The number of rotatable bonds is 13. The number of hydrogen-bond acceptors (Lipinski definition) is 0. The third-order valence-electron chi connectivity index (χ3n) is 3.41. The molecule has 0 heterocycles. The van der Waals surface area contributed by atoms with Crippen molar-refractivity contribution in [3.63, 3.8) is 0 Å². The van der Waals surface area contributed by atoms with Crippen molar-refractivity contribution in [3.8, 4) is 0 Å². The summed E-state index contributed by atoms with van der Waals surface area (Å²) in [5, 5.41) is 0. The molecule has 0 rings (SSSR count). The van der Waals surface area contributed by atoms with E-state index in [0.29, 0.717) is 0 Å². The van der Waals surface area contributed by atoms with Gasteiger partial charge in [-0.25, -0.2) is 0 Å². The first-order valence-electron chi connectivity index (χ1n) is 8.57. The lowest BCUT2D eigenvalue weighted by molar-refractivity contribution is 0.644. The SMILES string of the molecule is CCCCC/C=C/CCCCCC/C=C/CC(C)C. The van der Waals surface area contributed by atoms with Gasteiger partial charge in [0.1, 0.15) is 0 Å². The van der Waals surface area contributed by atoms with Crippen molar-refractivity contribution in [2.75, 3.05) is 0 Å². The van der Waals surface area contributed by atoms with Crippen LogP contribution in [-0.2, 0) is 0 Å². The molecule has 0 bridgehead atoms. The monoisotopic (exact) mass is 264 g/mol. The summed E-state index contributed by atoms with van der Waals surface area (Å²) in [7, 11) is 0. The predicted molar refractivity (Wildman–Crippen MR) is 89.6 cm³/mol. The van der Waals surface area contributed by atoms with Crippen LogP contribution < -0.4 is 0 Å². The summed E-state index contributed by atoms with van der Waals surface area (Å²) >= 11 is 0. The molecule has 0 unspecified atom stereocenters. The second kappa shape index (κ2) is 15.5. The highest BCUT2D eigenvalue weighted by atomic mass is 14.0. The second-order valence-corrected chi connectivity index (χ2v) is 6.06. The zero-order valence-corrected chi connectivity index (χ0v) is 13.7. The molecule has 0 atom stereocenters. The quantitative estimate of drug-likeness (QED) is 0.246. The summed E-state index contributed by atoms with van der Waals surface area (Å²) in [6, 6.07) is 0. The fourth-order valence-electron chi connectivity index (χ4n) is 2.11. The lowest BCUT2D eigenvalue weighted by Gasteiger charge is -1.98. The molecule has 0 aliphatic heterocycles. The summed E-state index contributed by atoms with van der Waals surface area (Å²) in [5.41, 5.74) is 0. The zero-order chi connectivity index (χ0) is 14.2. The molecule has 0 aromatic carbocycles. The van der Waals surface area contributed by atoms with Crippen molar-refractivity contribution in [2.24, 2.45) is 5.92 Å². The van der Waals surface area contributed by atoms with Gasteiger partial charge in [-0.2, -0.15) is 0 Å². The molecule has 19 heavy (non-hydrogen) atoms. The van der Waals surface area contributed by atoms with Crippen LogP contribution >= 0.6 is 0 Å². The van der Waals surface area contributed by atoms with Crippen LogP contribution in [0.5, 0.6) is 0 Å². The van der Waals surface area contributed by atoms with E-state index in [0.717, 1.165) is 5.92 Å². The highest BCUT2D eigenvalue weighted by molar-refractivity contribution is 4.83. The van der Waals surface area contributed by atoms with E-state index in [2.05, 4.69) is 45.1 Å². The maximum absolute atomic E-state index is 2.39. The first-order chi connectivity index (χ1) is 9.27. The Bertz CT molecular complexity index is 210. The van der Waals surface area contributed by atoms with E-state index in [1.807, 2.05) is 0 Å². The number of hydrogen-bond donors (Lipinski definition) is 0. The molecular weight excluding hydrogens is 228 g/mol. The lowest BCUT2D eigenvalue weighted by atomic mass is 10.1. The minimum atomic E-state index is 0.806. The van der Waals surface area contributed by atoms with Gasteiger partial charge in [-0.1, -0.05) is 70.8 Å². The first-order valence-corrected chi connectivity index (χ1v) is 8.57. The second-order valence-electron chi connectivity index (χ2n) is 6.06. The smallest absolute Gasteiger partial charge is 0.0327 e. The normalized spacial score (nSPS) is 12.2. The van der Waals surface area contributed by atoms with Crippen LogP contribution in [0, 0.1) is 5.92 Å². The summed E-state index contributed by atoms with van der Waals surface area (Å²) in [6.45, 7) is 6.82. The van der Waals surface area contributed by atoms with Gasteiger partial charge in [0.2, 0.25) is 0 Å². The van der Waals surface area contributed by atoms with Crippen molar-refractivity contribution >= 4 is 0 Å². The van der Waals surface area contributed by atoms with E-state index in [-0.39, 0.29) is 0 Å². The molecule has 112 valence electrons. The van der Waals surface area contributed by atoms with Crippen LogP contribution in [-0.4, -0.2) is 0 Å². The Labute approximate surface area is 122 Å². The Morgan fingerprint density at radius 3 is 1.58 bits per heavy atom. The lowest BCUT2D eigenvalue weighted by Crippen LogP contribution is -1.81. The molecule has 0 fully saturated rings. The van der Waals surface area contributed by atoms with Gasteiger partial charge in [0.25, 0.3) is 0 Å². The van der Waals surface area contributed by atoms with E-state index in [1.54, 1.807) is 0 Å². The summed E-state index contributed by atoms with van der Waals surface area (Å²) < 4.78 is 0. The van der Waals surface area contributed by atoms with E-state index in [9.17, 15) is 0 Å². The molecule has 0 radical (unpaired) electrons. The minimum Gasteiger partial charge on any atom is -0.0885 e. The summed E-state index contributed by atoms with van der Waals surface area (Å²) in [4.78, 5) is 0. The molecule has 0 aromatic heterocycles. The Kier molecular flexibility index (Phi) is 15.1. The number of allylic oxidation sites excluding steroid dienone is 4. The van der Waals surface area contributed by atoms with Gasteiger partial charge in [0, 0.05) is 0 Å². The molecular formula is C19H36. The summed E-state index contributed by atoms with van der Waals surface area (Å²) in [5.74, 6) is 0.806. The van der Waals surface area contributed by atoms with Crippen LogP contribution in [0.15, 0.2) is 24.3 Å². The predicted octanol–water partition coefficient (Wildman–Crippen LogP) is 7.07. The Morgan fingerprint density at radius 1 is 0.632 bits per heavy atom. The maximum atomic E-state index is 2.39. The van der Waals surface area contributed by atoms with Gasteiger partial charge in [-0.15, -0.1) is 0 Å². The molecule has 0 aromatic rings.